The second-order valence-corrected chi connectivity index (χ2v) is 5.96. The van der Waals surface area contributed by atoms with Gasteiger partial charge in [-0.15, -0.1) is 5.10 Å². The van der Waals surface area contributed by atoms with Crippen LogP contribution in [0.5, 0.6) is 0 Å². The quantitative estimate of drug-likeness (QED) is 0.798. The Morgan fingerprint density at radius 2 is 2.20 bits per heavy atom. The second-order valence-electron chi connectivity index (χ2n) is 4.98. The average Bonchev–Trinajstić information content (AvgIpc) is 3.25. The second kappa shape index (κ2) is 5.85. The molecule has 6 heteroatoms. The van der Waals surface area contributed by atoms with E-state index in [1.165, 1.54) is 5.56 Å². The highest BCUT2D eigenvalue weighted by molar-refractivity contribution is 7.99. The highest BCUT2D eigenvalue weighted by atomic mass is 32.2. The summed E-state index contributed by atoms with van der Waals surface area (Å²) in [6, 6.07) is 10.9. The van der Waals surface area contributed by atoms with Crippen molar-refractivity contribution in [3.8, 4) is 0 Å². The van der Waals surface area contributed by atoms with E-state index in [0.29, 0.717) is 6.04 Å². The van der Waals surface area contributed by atoms with Crippen LogP contribution < -0.4 is 11.0 Å². The number of rotatable bonds is 6. The summed E-state index contributed by atoms with van der Waals surface area (Å²) < 4.78 is 1.79. The lowest BCUT2D eigenvalue weighted by Gasteiger charge is -2.15. The number of benzene rings is 1. The molecule has 0 saturated heterocycles. The molecule has 1 unspecified atom stereocenters. The van der Waals surface area contributed by atoms with Crippen molar-refractivity contribution in [3.63, 3.8) is 0 Å². The summed E-state index contributed by atoms with van der Waals surface area (Å²) in [5.74, 6) is 0.845. The fourth-order valence-electron chi connectivity index (χ4n) is 2.24. The van der Waals surface area contributed by atoms with Gasteiger partial charge in [0.25, 0.3) is 0 Å². The van der Waals surface area contributed by atoms with E-state index < -0.39 is 0 Å². The molecule has 0 bridgehead atoms. The van der Waals surface area contributed by atoms with Crippen LogP contribution in [0.1, 0.15) is 30.5 Å². The van der Waals surface area contributed by atoms with Crippen LogP contribution in [-0.4, -0.2) is 27.6 Å². The minimum Gasteiger partial charge on any atom is -0.312 e. The average molecular weight is 290 g/mol. The predicted molar refractivity (Wildman–Crippen MR) is 80.1 cm³/mol. The SMILES string of the molecule is CNC(CSc1n[nH]c(=O)n1C1CC1)c1ccccc1. The van der Waals surface area contributed by atoms with Gasteiger partial charge in [-0.25, -0.2) is 9.89 Å². The molecule has 3 rings (SSSR count). The Kier molecular flexibility index (Phi) is 3.93. The van der Waals surface area contributed by atoms with Crippen molar-refractivity contribution in [3.05, 3.63) is 46.4 Å². The Morgan fingerprint density at radius 3 is 2.85 bits per heavy atom. The van der Waals surface area contributed by atoms with Crippen molar-refractivity contribution in [2.75, 3.05) is 12.8 Å². The molecule has 0 radical (unpaired) electrons. The van der Waals surface area contributed by atoms with Crippen LogP contribution in [0, 0.1) is 0 Å². The molecule has 20 heavy (non-hydrogen) atoms. The van der Waals surface area contributed by atoms with Crippen molar-refractivity contribution in [1.82, 2.24) is 20.1 Å². The molecule has 1 heterocycles. The molecule has 1 aliphatic carbocycles. The van der Waals surface area contributed by atoms with Gasteiger partial charge in [0, 0.05) is 17.8 Å². The summed E-state index contributed by atoms with van der Waals surface area (Å²) in [6.45, 7) is 0. The van der Waals surface area contributed by atoms with E-state index in [1.54, 1.807) is 16.3 Å². The lowest BCUT2D eigenvalue weighted by molar-refractivity contribution is 0.634. The molecular weight excluding hydrogens is 272 g/mol. The standard InChI is InChI=1S/C14H18N4OS/c1-15-12(10-5-3-2-4-6-10)9-20-14-17-16-13(19)18(14)11-7-8-11/h2-6,11-12,15H,7-9H2,1H3,(H,16,19). The smallest absolute Gasteiger partial charge is 0.312 e. The highest BCUT2D eigenvalue weighted by Gasteiger charge is 2.28. The summed E-state index contributed by atoms with van der Waals surface area (Å²) in [4.78, 5) is 11.7. The molecule has 0 aliphatic heterocycles. The minimum atomic E-state index is -0.0873. The molecule has 0 spiro atoms. The summed E-state index contributed by atoms with van der Waals surface area (Å²) in [5.41, 5.74) is 1.16. The van der Waals surface area contributed by atoms with Gasteiger partial charge in [0.05, 0.1) is 0 Å². The maximum atomic E-state index is 11.7. The highest BCUT2D eigenvalue weighted by Crippen LogP contribution is 2.36. The summed E-state index contributed by atoms with van der Waals surface area (Å²) in [7, 11) is 1.96. The molecule has 2 N–H and O–H groups in total. The van der Waals surface area contributed by atoms with E-state index in [2.05, 4.69) is 27.6 Å². The molecule has 1 aromatic carbocycles. The first-order valence-electron chi connectivity index (χ1n) is 6.81. The number of nitrogens with zero attached hydrogens (tertiary/aromatic N) is 2. The van der Waals surface area contributed by atoms with Crippen LogP contribution in [-0.2, 0) is 0 Å². The third kappa shape index (κ3) is 2.81. The number of aromatic nitrogens is 3. The molecule has 1 atom stereocenters. The number of thioether (sulfide) groups is 1. The van der Waals surface area contributed by atoms with Gasteiger partial charge in [-0.2, -0.15) is 0 Å². The normalized spacial score (nSPS) is 16.2. The summed E-state index contributed by atoms with van der Waals surface area (Å²) >= 11 is 1.62. The molecule has 1 aromatic heterocycles. The molecule has 1 fully saturated rings. The molecule has 0 amide bonds. The Hall–Kier alpha value is -1.53. The monoisotopic (exact) mass is 290 g/mol. The van der Waals surface area contributed by atoms with Gasteiger partial charge >= 0.3 is 5.69 Å². The van der Waals surface area contributed by atoms with Crippen LogP contribution in [0.3, 0.4) is 0 Å². The molecule has 1 saturated carbocycles. The fraction of sp³-hybridized carbons (Fsp3) is 0.429. The molecular formula is C14H18N4OS. The zero-order valence-electron chi connectivity index (χ0n) is 11.4. The third-order valence-corrected chi connectivity index (χ3v) is 4.56. The Labute approximate surface area is 121 Å². The van der Waals surface area contributed by atoms with E-state index in [-0.39, 0.29) is 11.7 Å². The third-order valence-electron chi connectivity index (χ3n) is 3.51. The number of nitrogens with one attached hydrogen (secondary N) is 2. The molecule has 2 aromatic rings. The van der Waals surface area contributed by atoms with E-state index >= 15 is 0 Å². The lowest BCUT2D eigenvalue weighted by atomic mass is 10.1. The zero-order chi connectivity index (χ0) is 13.9. The van der Waals surface area contributed by atoms with E-state index in [1.807, 2.05) is 25.2 Å². The number of H-pyrrole nitrogens is 1. The van der Waals surface area contributed by atoms with Crippen LogP contribution in [0.4, 0.5) is 0 Å². The number of aromatic amines is 1. The largest absolute Gasteiger partial charge is 0.344 e. The zero-order valence-corrected chi connectivity index (χ0v) is 12.2. The maximum Gasteiger partial charge on any atom is 0.344 e. The predicted octanol–water partition coefficient (Wildman–Crippen LogP) is 1.96. The molecule has 106 valence electrons. The number of hydrogen-bond donors (Lipinski definition) is 2. The van der Waals surface area contributed by atoms with Crippen LogP contribution >= 0.6 is 11.8 Å². The van der Waals surface area contributed by atoms with Gasteiger partial charge in [0.2, 0.25) is 0 Å². The Morgan fingerprint density at radius 1 is 1.45 bits per heavy atom. The van der Waals surface area contributed by atoms with Gasteiger partial charge < -0.3 is 5.32 Å². The Balaban J connectivity index is 1.71. The van der Waals surface area contributed by atoms with E-state index in [0.717, 1.165) is 23.8 Å². The van der Waals surface area contributed by atoms with Gasteiger partial charge in [-0.1, -0.05) is 42.1 Å². The number of hydrogen-bond acceptors (Lipinski definition) is 4. The van der Waals surface area contributed by atoms with Crippen LogP contribution in [0.25, 0.3) is 0 Å². The van der Waals surface area contributed by atoms with Crippen molar-refractivity contribution in [1.29, 1.82) is 0 Å². The minimum absolute atomic E-state index is 0.0873. The summed E-state index contributed by atoms with van der Waals surface area (Å²) in [5, 5.41) is 10.8. The summed E-state index contributed by atoms with van der Waals surface area (Å²) in [6.07, 6.45) is 2.17. The lowest BCUT2D eigenvalue weighted by Crippen LogP contribution is -2.20. The van der Waals surface area contributed by atoms with Gasteiger partial charge in [0.15, 0.2) is 5.16 Å². The van der Waals surface area contributed by atoms with Crippen molar-refractivity contribution in [2.45, 2.75) is 30.1 Å². The van der Waals surface area contributed by atoms with E-state index in [4.69, 9.17) is 0 Å². The first-order chi connectivity index (χ1) is 9.79. The van der Waals surface area contributed by atoms with Crippen molar-refractivity contribution >= 4 is 11.8 Å². The van der Waals surface area contributed by atoms with Crippen LogP contribution in [0.15, 0.2) is 40.3 Å². The topological polar surface area (TPSA) is 62.7 Å². The van der Waals surface area contributed by atoms with Crippen LogP contribution in [0.2, 0.25) is 0 Å². The first kappa shape index (κ1) is 13.5. The molecule has 5 nitrogen and oxygen atoms in total. The van der Waals surface area contributed by atoms with E-state index in [9.17, 15) is 4.79 Å². The fourth-order valence-corrected chi connectivity index (χ4v) is 3.39. The van der Waals surface area contributed by atoms with Gasteiger partial charge in [0.1, 0.15) is 0 Å². The van der Waals surface area contributed by atoms with Crippen molar-refractivity contribution < 1.29 is 0 Å². The van der Waals surface area contributed by atoms with Gasteiger partial charge in [-0.05, 0) is 25.5 Å². The van der Waals surface area contributed by atoms with Crippen molar-refractivity contribution in [2.24, 2.45) is 0 Å². The Bertz CT molecular complexity index is 618. The first-order valence-corrected chi connectivity index (χ1v) is 7.80. The van der Waals surface area contributed by atoms with Gasteiger partial charge in [-0.3, -0.25) is 4.57 Å². The maximum absolute atomic E-state index is 11.7. The molecule has 1 aliphatic rings.